The molecule has 1 aliphatic heterocycles. The Morgan fingerprint density at radius 3 is 2.36 bits per heavy atom. The molecule has 0 spiro atoms. The molecule has 2 atom stereocenters. The lowest BCUT2D eigenvalue weighted by molar-refractivity contribution is -0.151. The van der Waals surface area contributed by atoms with Crippen LogP contribution in [0.15, 0.2) is 48.5 Å². The summed E-state index contributed by atoms with van der Waals surface area (Å²) in [7, 11) is 0. The van der Waals surface area contributed by atoms with Crippen molar-refractivity contribution in [3.8, 4) is 17.2 Å². The second kappa shape index (κ2) is 7.92. The lowest BCUT2D eigenvalue weighted by atomic mass is 10.0. The minimum absolute atomic E-state index is 0.446. The Morgan fingerprint density at radius 2 is 1.72 bits per heavy atom. The second-order valence-electron chi connectivity index (χ2n) is 5.99. The minimum atomic E-state index is -1.09. The molecule has 0 bridgehead atoms. The van der Waals surface area contributed by atoms with Crippen LogP contribution in [0, 0.1) is 0 Å². The van der Waals surface area contributed by atoms with Gasteiger partial charge in [-0.2, -0.15) is 0 Å². The van der Waals surface area contributed by atoms with Gasteiger partial charge in [-0.3, -0.25) is 0 Å². The van der Waals surface area contributed by atoms with E-state index in [1.807, 2.05) is 30.3 Å². The molecule has 2 aromatic carbocycles. The van der Waals surface area contributed by atoms with E-state index in [1.165, 1.54) is 0 Å². The molecule has 5 nitrogen and oxygen atoms in total. The highest BCUT2D eigenvalue weighted by molar-refractivity contribution is 5.75. The molecule has 3 rings (SSSR count). The summed E-state index contributed by atoms with van der Waals surface area (Å²) in [5.41, 5.74) is 0.739. The minimum Gasteiger partial charge on any atom is -0.494 e. The molecule has 0 saturated carbocycles. The molecular formula is C20H22O5. The lowest BCUT2D eigenvalue weighted by Crippen LogP contribution is -2.39. The Balaban J connectivity index is 1.74. The predicted molar refractivity (Wildman–Crippen MR) is 93.3 cm³/mol. The monoisotopic (exact) mass is 342 g/mol. The largest absolute Gasteiger partial charge is 0.494 e. The fourth-order valence-corrected chi connectivity index (χ4v) is 2.76. The molecule has 0 saturated heterocycles. The van der Waals surface area contributed by atoms with E-state index in [0.29, 0.717) is 18.1 Å². The van der Waals surface area contributed by atoms with Gasteiger partial charge in [0.2, 0.25) is 6.10 Å². The van der Waals surface area contributed by atoms with Gasteiger partial charge in [-0.25, -0.2) is 4.79 Å². The van der Waals surface area contributed by atoms with Crippen molar-refractivity contribution in [1.82, 2.24) is 0 Å². The SMILES string of the molecule is CCCCCOc1ccc(C2Oc3ccccc3OC2C(=O)O)cc1. The molecule has 1 aliphatic rings. The summed E-state index contributed by atoms with van der Waals surface area (Å²) in [6.07, 6.45) is 1.52. The van der Waals surface area contributed by atoms with Crippen LogP contribution in [-0.2, 0) is 4.79 Å². The number of ether oxygens (including phenoxy) is 3. The van der Waals surface area contributed by atoms with E-state index < -0.39 is 18.2 Å². The van der Waals surface area contributed by atoms with Gasteiger partial charge in [0.1, 0.15) is 5.75 Å². The average molecular weight is 342 g/mol. The standard InChI is InChI=1S/C20H22O5/c1-2-3-6-13-23-15-11-9-14(10-12-15)18-19(20(21)22)25-17-8-5-4-7-16(17)24-18/h4-5,7-12,18-19H,2-3,6,13H2,1H3,(H,21,22). The van der Waals surface area contributed by atoms with Gasteiger partial charge in [0, 0.05) is 0 Å². The Labute approximate surface area is 147 Å². The number of rotatable bonds is 7. The highest BCUT2D eigenvalue weighted by atomic mass is 16.6. The Kier molecular flexibility index (Phi) is 5.43. The first-order valence-corrected chi connectivity index (χ1v) is 8.57. The summed E-state index contributed by atoms with van der Waals surface area (Å²) in [4.78, 5) is 11.6. The first-order chi connectivity index (χ1) is 12.2. The number of carbonyl (C=O) groups is 1. The third kappa shape index (κ3) is 4.05. The van der Waals surface area contributed by atoms with Crippen molar-refractivity contribution in [2.75, 3.05) is 6.61 Å². The Hall–Kier alpha value is -2.69. The van der Waals surface area contributed by atoms with E-state index in [9.17, 15) is 9.90 Å². The maximum atomic E-state index is 11.6. The number of hydrogen-bond acceptors (Lipinski definition) is 4. The topological polar surface area (TPSA) is 65.0 Å². The molecular weight excluding hydrogens is 320 g/mol. The highest BCUT2D eigenvalue weighted by Gasteiger charge is 2.38. The zero-order chi connectivity index (χ0) is 17.6. The first kappa shape index (κ1) is 17.1. The Bertz CT molecular complexity index is 710. The fourth-order valence-electron chi connectivity index (χ4n) is 2.76. The van der Waals surface area contributed by atoms with Crippen molar-refractivity contribution in [2.45, 2.75) is 38.4 Å². The van der Waals surface area contributed by atoms with E-state index in [4.69, 9.17) is 14.2 Å². The molecule has 0 fully saturated rings. The molecule has 132 valence electrons. The number of benzene rings is 2. The summed E-state index contributed by atoms with van der Waals surface area (Å²) in [5.74, 6) is 0.704. The van der Waals surface area contributed by atoms with Gasteiger partial charge in [-0.05, 0) is 36.2 Å². The van der Waals surface area contributed by atoms with E-state index in [0.717, 1.165) is 30.6 Å². The number of fused-ring (bicyclic) bond motifs is 1. The molecule has 25 heavy (non-hydrogen) atoms. The van der Waals surface area contributed by atoms with Crippen molar-refractivity contribution < 1.29 is 24.1 Å². The average Bonchev–Trinajstić information content (AvgIpc) is 2.64. The Morgan fingerprint density at radius 1 is 1.04 bits per heavy atom. The van der Waals surface area contributed by atoms with Crippen LogP contribution in [0.4, 0.5) is 0 Å². The zero-order valence-corrected chi connectivity index (χ0v) is 14.2. The molecule has 1 N–H and O–H groups in total. The zero-order valence-electron chi connectivity index (χ0n) is 14.2. The van der Waals surface area contributed by atoms with E-state index >= 15 is 0 Å². The van der Waals surface area contributed by atoms with Crippen LogP contribution in [-0.4, -0.2) is 23.8 Å². The van der Waals surface area contributed by atoms with Crippen LogP contribution in [0.5, 0.6) is 17.2 Å². The maximum absolute atomic E-state index is 11.6. The first-order valence-electron chi connectivity index (χ1n) is 8.57. The van der Waals surface area contributed by atoms with E-state index in [-0.39, 0.29) is 0 Å². The van der Waals surface area contributed by atoms with Crippen molar-refractivity contribution in [3.63, 3.8) is 0 Å². The van der Waals surface area contributed by atoms with E-state index in [2.05, 4.69) is 6.92 Å². The summed E-state index contributed by atoms with van der Waals surface area (Å²) < 4.78 is 17.2. The van der Waals surface area contributed by atoms with Crippen molar-refractivity contribution in [2.24, 2.45) is 0 Å². The van der Waals surface area contributed by atoms with Gasteiger partial charge in [-0.1, -0.05) is 44.0 Å². The summed E-state index contributed by atoms with van der Waals surface area (Å²) in [5, 5.41) is 9.49. The summed E-state index contributed by atoms with van der Waals surface area (Å²) in [6, 6.07) is 14.4. The second-order valence-corrected chi connectivity index (χ2v) is 5.99. The van der Waals surface area contributed by atoms with Crippen molar-refractivity contribution in [3.05, 3.63) is 54.1 Å². The quantitative estimate of drug-likeness (QED) is 0.763. The molecule has 2 aromatic rings. The van der Waals surface area contributed by atoms with Gasteiger partial charge in [-0.15, -0.1) is 0 Å². The van der Waals surface area contributed by atoms with Crippen LogP contribution in [0.1, 0.15) is 37.9 Å². The van der Waals surface area contributed by atoms with Crippen LogP contribution >= 0.6 is 0 Å². The number of carboxylic acids is 1. The van der Waals surface area contributed by atoms with E-state index in [1.54, 1.807) is 18.2 Å². The highest BCUT2D eigenvalue weighted by Crippen LogP contribution is 2.39. The molecule has 0 radical (unpaired) electrons. The van der Waals surface area contributed by atoms with Crippen LogP contribution < -0.4 is 14.2 Å². The molecule has 0 aliphatic carbocycles. The number of hydrogen-bond donors (Lipinski definition) is 1. The molecule has 1 heterocycles. The number of aliphatic carboxylic acids is 1. The van der Waals surface area contributed by atoms with Crippen LogP contribution in [0.2, 0.25) is 0 Å². The van der Waals surface area contributed by atoms with Gasteiger partial charge < -0.3 is 19.3 Å². The molecule has 2 unspecified atom stereocenters. The van der Waals surface area contributed by atoms with Gasteiger partial charge in [0.15, 0.2) is 17.6 Å². The number of para-hydroxylation sites is 2. The normalized spacial score (nSPS) is 18.6. The van der Waals surface area contributed by atoms with Gasteiger partial charge in [0.05, 0.1) is 6.61 Å². The molecule has 0 aromatic heterocycles. The fraction of sp³-hybridized carbons (Fsp3) is 0.350. The summed E-state index contributed by atoms with van der Waals surface area (Å²) in [6.45, 7) is 2.83. The summed E-state index contributed by atoms with van der Waals surface area (Å²) >= 11 is 0. The number of carboxylic acid groups (broad SMARTS) is 1. The van der Waals surface area contributed by atoms with Crippen LogP contribution in [0.25, 0.3) is 0 Å². The third-order valence-electron chi connectivity index (χ3n) is 4.10. The predicted octanol–water partition coefficient (Wildman–Crippen LogP) is 4.22. The van der Waals surface area contributed by atoms with Crippen molar-refractivity contribution in [1.29, 1.82) is 0 Å². The maximum Gasteiger partial charge on any atom is 0.349 e. The van der Waals surface area contributed by atoms with Crippen LogP contribution in [0.3, 0.4) is 0 Å². The number of unbranched alkanes of at least 4 members (excludes halogenated alkanes) is 2. The molecule has 0 amide bonds. The van der Waals surface area contributed by atoms with Gasteiger partial charge >= 0.3 is 5.97 Å². The van der Waals surface area contributed by atoms with Gasteiger partial charge in [0.25, 0.3) is 0 Å². The van der Waals surface area contributed by atoms with Crippen molar-refractivity contribution >= 4 is 5.97 Å². The lowest BCUT2D eigenvalue weighted by Gasteiger charge is -2.31. The smallest absolute Gasteiger partial charge is 0.349 e. The molecule has 5 heteroatoms. The third-order valence-corrected chi connectivity index (χ3v) is 4.10.